The van der Waals surface area contributed by atoms with Crippen LogP contribution in [0.3, 0.4) is 0 Å². The molecule has 2 aliphatic rings. The van der Waals surface area contributed by atoms with Crippen molar-refractivity contribution < 1.29 is 24.4 Å². The molecule has 0 radical (unpaired) electrons. The molecule has 8 nitrogen and oxygen atoms in total. The van der Waals surface area contributed by atoms with Crippen molar-refractivity contribution in [3.05, 3.63) is 29.3 Å². The Hall–Kier alpha value is -1.94. The number of nitrogens with one attached hydrogen (secondary N) is 1. The standard InChI is InChI=1S/C19H28BN3O5/c21-6-9-23-7-4-15(5-8-23)22-12-16(24)11-14-10-13-2-1-3-17(19(25)26)18(13)28-20(14)27/h1-3,14-15,22,27H,4-12,21H2,(H,25,26)/t14-/m1/s1. The first kappa shape index (κ1) is 20.8. The summed E-state index contributed by atoms with van der Waals surface area (Å²) in [6, 6.07) is 5.20. The maximum Gasteiger partial charge on any atom is 0.526 e. The third-order valence-electron chi connectivity index (χ3n) is 5.56. The summed E-state index contributed by atoms with van der Waals surface area (Å²) in [4.78, 5) is 26.0. The third-order valence-corrected chi connectivity index (χ3v) is 5.56. The summed E-state index contributed by atoms with van der Waals surface area (Å²) in [5, 5.41) is 22.8. The lowest BCUT2D eigenvalue weighted by Crippen LogP contribution is -2.45. The van der Waals surface area contributed by atoms with E-state index in [0.717, 1.165) is 32.5 Å². The van der Waals surface area contributed by atoms with Gasteiger partial charge in [-0.15, -0.1) is 0 Å². The van der Waals surface area contributed by atoms with Gasteiger partial charge in [0.1, 0.15) is 11.5 Å². The van der Waals surface area contributed by atoms with E-state index in [2.05, 4.69) is 10.2 Å². The Labute approximate surface area is 165 Å². The molecule has 0 unspecified atom stereocenters. The minimum absolute atomic E-state index is 0.0230. The van der Waals surface area contributed by atoms with Gasteiger partial charge in [0.2, 0.25) is 0 Å². The molecule has 152 valence electrons. The number of piperidine rings is 1. The van der Waals surface area contributed by atoms with E-state index >= 15 is 0 Å². The van der Waals surface area contributed by atoms with Gasteiger partial charge in [0, 0.05) is 31.4 Å². The average molecular weight is 389 g/mol. The van der Waals surface area contributed by atoms with Crippen LogP contribution < -0.4 is 15.7 Å². The zero-order chi connectivity index (χ0) is 20.1. The number of carboxylic acids is 1. The van der Waals surface area contributed by atoms with Crippen molar-refractivity contribution >= 4 is 18.9 Å². The molecule has 0 amide bonds. The van der Waals surface area contributed by atoms with Gasteiger partial charge < -0.3 is 30.7 Å². The second-order valence-electron chi connectivity index (χ2n) is 7.60. The van der Waals surface area contributed by atoms with E-state index in [1.165, 1.54) is 6.07 Å². The lowest BCUT2D eigenvalue weighted by molar-refractivity contribution is -0.118. The predicted octanol–water partition coefficient (Wildman–Crippen LogP) is 0.142. The van der Waals surface area contributed by atoms with Gasteiger partial charge in [0.25, 0.3) is 0 Å². The van der Waals surface area contributed by atoms with Crippen LogP contribution in [-0.2, 0) is 11.2 Å². The first-order chi connectivity index (χ1) is 13.5. The fourth-order valence-corrected chi connectivity index (χ4v) is 3.99. The van der Waals surface area contributed by atoms with Gasteiger partial charge in [-0.1, -0.05) is 12.1 Å². The summed E-state index contributed by atoms with van der Waals surface area (Å²) in [7, 11) is -1.18. The number of ketones is 1. The number of para-hydroxylation sites is 1. The number of likely N-dealkylation sites (tertiary alicyclic amines) is 1. The van der Waals surface area contributed by atoms with Gasteiger partial charge in [0.05, 0.1) is 12.1 Å². The normalized spacial score (nSPS) is 20.5. The third kappa shape index (κ3) is 5.11. The highest BCUT2D eigenvalue weighted by Crippen LogP contribution is 2.36. The van der Waals surface area contributed by atoms with Gasteiger partial charge in [-0.2, -0.15) is 0 Å². The molecule has 9 heteroatoms. The molecule has 1 aromatic carbocycles. The fourth-order valence-electron chi connectivity index (χ4n) is 3.99. The molecule has 2 aliphatic heterocycles. The fraction of sp³-hybridized carbons (Fsp3) is 0.579. The van der Waals surface area contributed by atoms with Crippen LogP contribution in [0.4, 0.5) is 0 Å². The largest absolute Gasteiger partial charge is 0.535 e. The SMILES string of the molecule is NCCN1CCC(NCC(=O)C[C@H]2Cc3cccc(C(=O)O)c3OB2O)CC1. The highest BCUT2D eigenvalue weighted by Gasteiger charge is 2.37. The first-order valence-corrected chi connectivity index (χ1v) is 9.85. The van der Waals surface area contributed by atoms with E-state index < -0.39 is 13.1 Å². The van der Waals surface area contributed by atoms with Gasteiger partial charge in [-0.05, 0) is 44.0 Å². The van der Waals surface area contributed by atoms with E-state index in [4.69, 9.17) is 10.4 Å². The van der Waals surface area contributed by atoms with Crippen molar-refractivity contribution in [1.29, 1.82) is 0 Å². The molecule has 2 heterocycles. The lowest BCUT2D eigenvalue weighted by Gasteiger charge is -2.32. The van der Waals surface area contributed by atoms with Gasteiger partial charge in [-0.25, -0.2) is 4.79 Å². The summed E-state index contributed by atoms with van der Waals surface area (Å²) < 4.78 is 5.45. The number of carboxylic acid groups (broad SMARTS) is 1. The quantitative estimate of drug-likeness (QED) is 0.463. The zero-order valence-corrected chi connectivity index (χ0v) is 16.0. The molecule has 1 atom stereocenters. The van der Waals surface area contributed by atoms with Gasteiger partial charge in [-0.3, -0.25) is 4.79 Å². The minimum Gasteiger partial charge on any atom is -0.535 e. The topological polar surface area (TPSA) is 125 Å². The summed E-state index contributed by atoms with van der Waals surface area (Å²) >= 11 is 0. The van der Waals surface area contributed by atoms with E-state index in [0.29, 0.717) is 24.6 Å². The minimum atomic E-state index is -1.18. The van der Waals surface area contributed by atoms with E-state index in [1.54, 1.807) is 12.1 Å². The van der Waals surface area contributed by atoms with Crippen LogP contribution in [0.2, 0.25) is 5.82 Å². The van der Waals surface area contributed by atoms with Crippen LogP contribution in [0.5, 0.6) is 5.75 Å². The predicted molar refractivity (Wildman–Crippen MR) is 106 cm³/mol. The summed E-state index contributed by atoms with van der Waals surface area (Å²) in [6.07, 6.45) is 2.60. The van der Waals surface area contributed by atoms with Crippen LogP contribution >= 0.6 is 0 Å². The number of hydrogen-bond acceptors (Lipinski definition) is 7. The highest BCUT2D eigenvalue weighted by molar-refractivity contribution is 6.47. The Bertz CT molecular complexity index is 709. The maximum atomic E-state index is 12.4. The van der Waals surface area contributed by atoms with Crippen molar-refractivity contribution in [3.63, 3.8) is 0 Å². The maximum absolute atomic E-state index is 12.4. The molecule has 0 saturated carbocycles. The van der Waals surface area contributed by atoms with E-state index in [-0.39, 0.29) is 35.9 Å². The molecule has 1 fully saturated rings. The van der Waals surface area contributed by atoms with Crippen LogP contribution in [0.25, 0.3) is 0 Å². The Morgan fingerprint density at radius 3 is 2.75 bits per heavy atom. The van der Waals surface area contributed by atoms with Crippen molar-refractivity contribution in [2.75, 3.05) is 32.7 Å². The van der Waals surface area contributed by atoms with Gasteiger partial charge >= 0.3 is 13.1 Å². The summed E-state index contributed by atoms with van der Waals surface area (Å²) in [5.74, 6) is -1.25. The Morgan fingerprint density at radius 1 is 1.32 bits per heavy atom. The number of carbonyl (C=O) groups excluding carboxylic acids is 1. The molecule has 1 aromatic rings. The molecule has 0 aliphatic carbocycles. The molecule has 28 heavy (non-hydrogen) atoms. The Balaban J connectivity index is 1.48. The highest BCUT2D eigenvalue weighted by atomic mass is 16.5. The average Bonchev–Trinajstić information content (AvgIpc) is 2.68. The van der Waals surface area contributed by atoms with Crippen molar-refractivity contribution in [1.82, 2.24) is 10.2 Å². The molecule has 3 rings (SSSR count). The van der Waals surface area contributed by atoms with Gasteiger partial charge in [0.15, 0.2) is 0 Å². The molecular weight excluding hydrogens is 361 g/mol. The molecule has 5 N–H and O–H groups in total. The summed E-state index contributed by atoms with van der Waals surface area (Å²) in [5.41, 5.74) is 6.33. The van der Waals surface area contributed by atoms with Crippen LogP contribution in [0.15, 0.2) is 18.2 Å². The zero-order valence-electron chi connectivity index (χ0n) is 16.0. The molecule has 1 saturated heterocycles. The Kier molecular flexibility index (Phi) is 7.06. The second kappa shape index (κ2) is 9.51. The van der Waals surface area contributed by atoms with Crippen molar-refractivity contribution in [3.8, 4) is 5.75 Å². The number of rotatable bonds is 8. The molecule has 0 bridgehead atoms. The smallest absolute Gasteiger partial charge is 0.526 e. The molecular formula is C19H28BN3O5. The number of nitrogens with zero attached hydrogens (tertiary/aromatic N) is 1. The van der Waals surface area contributed by atoms with Crippen molar-refractivity contribution in [2.45, 2.75) is 37.5 Å². The number of carbonyl (C=O) groups is 2. The number of nitrogens with two attached hydrogens (primary N) is 1. The van der Waals surface area contributed by atoms with E-state index in [9.17, 15) is 19.7 Å². The number of hydrogen-bond donors (Lipinski definition) is 4. The number of Topliss-reactive ketones (excluding diaryl/α,β-unsaturated/α-hetero) is 1. The van der Waals surface area contributed by atoms with Crippen molar-refractivity contribution in [2.24, 2.45) is 5.73 Å². The second-order valence-corrected chi connectivity index (χ2v) is 7.60. The number of benzene rings is 1. The van der Waals surface area contributed by atoms with Crippen LogP contribution in [0.1, 0.15) is 35.2 Å². The monoisotopic (exact) mass is 389 g/mol. The Morgan fingerprint density at radius 2 is 2.07 bits per heavy atom. The number of aromatic carboxylic acids is 1. The molecule has 0 aromatic heterocycles. The van der Waals surface area contributed by atoms with Crippen LogP contribution in [0, 0.1) is 0 Å². The number of fused-ring (bicyclic) bond motifs is 1. The summed E-state index contributed by atoms with van der Waals surface area (Å²) in [6.45, 7) is 3.82. The van der Waals surface area contributed by atoms with E-state index in [1.807, 2.05) is 0 Å². The molecule has 0 spiro atoms. The lowest BCUT2D eigenvalue weighted by atomic mass is 9.64. The first-order valence-electron chi connectivity index (χ1n) is 9.85. The van der Waals surface area contributed by atoms with Crippen LogP contribution in [-0.4, -0.2) is 72.7 Å².